The molecule has 5 rings (SSSR count). The second kappa shape index (κ2) is 13.4. The molecule has 1 amide bonds. The summed E-state index contributed by atoms with van der Waals surface area (Å²) in [5.41, 5.74) is 1.92. The molecule has 0 bridgehead atoms. The fourth-order valence-electron chi connectivity index (χ4n) is 6.97. The lowest BCUT2D eigenvalue weighted by atomic mass is 9.70. The lowest BCUT2D eigenvalue weighted by molar-refractivity contribution is -0.124. The maximum absolute atomic E-state index is 13.9. The lowest BCUT2D eigenvalue weighted by Crippen LogP contribution is -2.47. The van der Waals surface area contributed by atoms with Gasteiger partial charge in [-0.2, -0.15) is 0 Å². The molecule has 0 N–H and O–H groups in total. The van der Waals surface area contributed by atoms with Gasteiger partial charge in [0.15, 0.2) is 11.5 Å². The number of likely N-dealkylation sites (tertiary alicyclic amines) is 2. The van der Waals surface area contributed by atoms with Gasteiger partial charge in [0.25, 0.3) is 5.91 Å². The van der Waals surface area contributed by atoms with E-state index in [2.05, 4.69) is 17.0 Å². The Balaban J connectivity index is 1.36. The molecule has 44 heavy (non-hydrogen) atoms. The summed E-state index contributed by atoms with van der Waals surface area (Å²) in [6.45, 7) is 5.36. The molecule has 1 atom stereocenters. The van der Waals surface area contributed by atoms with E-state index in [1.165, 1.54) is 21.3 Å². The van der Waals surface area contributed by atoms with E-state index in [9.17, 15) is 9.59 Å². The first-order valence-electron chi connectivity index (χ1n) is 15.0. The minimum Gasteiger partial charge on any atom is -0.493 e. The summed E-state index contributed by atoms with van der Waals surface area (Å²) in [5.74, 6) is 1.45. The predicted octanol–water partition coefficient (Wildman–Crippen LogP) is 6.82. The molecule has 2 fully saturated rings. The van der Waals surface area contributed by atoms with Gasteiger partial charge < -0.3 is 24.0 Å². The second-order valence-corrected chi connectivity index (χ2v) is 12.7. The molecule has 2 aliphatic rings. The molecule has 1 unspecified atom stereocenters. The van der Waals surface area contributed by atoms with E-state index in [4.69, 9.17) is 37.4 Å². The Morgan fingerprint density at radius 3 is 2.02 bits per heavy atom. The van der Waals surface area contributed by atoms with E-state index < -0.39 is 5.41 Å². The van der Waals surface area contributed by atoms with E-state index in [1.54, 1.807) is 19.1 Å². The van der Waals surface area contributed by atoms with Crippen molar-refractivity contribution in [2.45, 2.75) is 43.4 Å². The highest BCUT2D eigenvalue weighted by Gasteiger charge is 2.44. The van der Waals surface area contributed by atoms with Crippen LogP contribution in [0.25, 0.3) is 0 Å². The molecule has 9 heteroatoms. The molecular formula is C35H40Cl2N2O5. The van der Waals surface area contributed by atoms with Crippen LogP contribution in [0.4, 0.5) is 0 Å². The predicted molar refractivity (Wildman–Crippen MR) is 174 cm³/mol. The summed E-state index contributed by atoms with van der Waals surface area (Å²) in [5, 5.41) is 1.01. The van der Waals surface area contributed by atoms with Crippen LogP contribution in [0.15, 0.2) is 60.7 Å². The van der Waals surface area contributed by atoms with E-state index >= 15 is 0 Å². The summed E-state index contributed by atoms with van der Waals surface area (Å²) < 4.78 is 16.5. The number of halogens is 2. The molecule has 3 aromatic carbocycles. The largest absolute Gasteiger partial charge is 0.493 e. The Morgan fingerprint density at radius 2 is 1.45 bits per heavy atom. The molecule has 0 spiro atoms. The van der Waals surface area contributed by atoms with Gasteiger partial charge in [-0.1, -0.05) is 59.6 Å². The Bertz CT molecular complexity index is 1480. The van der Waals surface area contributed by atoms with Crippen molar-refractivity contribution < 1.29 is 23.8 Å². The molecule has 2 aliphatic heterocycles. The average Bonchev–Trinajstić information content (AvgIpc) is 3.50. The minimum atomic E-state index is -0.434. The van der Waals surface area contributed by atoms with Gasteiger partial charge in [-0.25, -0.2) is 0 Å². The third-order valence-electron chi connectivity index (χ3n) is 9.70. The van der Waals surface area contributed by atoms with Crippen molar-refractivity contribution in [3.05, 3.63) is 87.4 Å². The monoisotopic (exact) mass is 638 g/mol. The third kappa shape index (κ3) is 6.15. The first-order chi connectivity index (χ1) is 21.2. The van der Waals surface area contributed by atoms with Gasteiger partial charge in [0.05, 0.1) is 36.8 Å². The highest BCUT2D eigenvalue weighted by molar-refractivity contribution is 6.42. The fourth-order valence-corrected chi connectivity index (χ4v) is 7.27. The van der Waals surface area contributed by atoms with Gasteiger partial charge in [-0.15, -0.1) is 0 Å². The van der Waals surface area contributed by atoms with Crippen molar-refractivity contribution in [3.63, 3.8) is 0 Å². The van der Waals surface area contributed by atoms with Crippen molar-refractivity contribution in [3.8, 4) is 17.2 Å². The van der Waals surface area contributed by atoms with Crippen LogP contribution < -0.4 is 14.2 Å². The van der Waals surface area contributed by atoms with Crippen LogP contribution in [0.3, 0.4) is 0 Å². The van der Waals surface area contributed by atoms with Gasteiger partial charge in [-0.3, -0.25) is 9.59 Å². The van der Waals surface area contributed by atoms with E-state index in [0.29, 0.717) is 45.9 Å². The second-order valence-electron chi connectivity index (χ2n) is 11.9. The van der Waals surface area contributed by atoms with Crippen molar-refractivity contribution in [2.24, 2.45) is 0 Å². The SMILES string of the molecule is COc1cc(C(=O)N2CCC(CCN3CCC(C(C)=O)(c4ccccc4)CC3)(c3ccc(Cl)c(Cl)c3)C2)cc(OC)c1OC. The van der Waals surface area contributed by atoms with Crippen LogP contribution >= 0.6 is 23.2 Å². The Hall–Kier alpha value is -3.26. The normalized spacial score (nSPS) is 19.9. The molecule has 234 valence electrons. The van der Waals surface area contributed by atoms with Crippen LogP contribution in [-0.4, -0.2) is 75.5 Å². The smallest absolute Gasteiger partial charge is 0.254 e. The number of ketones is 1. The van der Waals surface area contributed by atoms with Crippen LogP contribution in [0.1, 0.15) is 54.1 Å². The number of amides is 1. The number of ether oxygens (including phenoxy) is 3. The maximum atomic E-state index is 13.9. The number of carbonyl (C=O) groups is 2. The quantitative estimate of drug-likeness (QED) is 0.243. The highest BCUT2D eigenvalue weighted by atomic mass is 35.5. The zero-order valence-electron chi connectivity index (χ0n) is 25.8. The first kappa shape index (κ1) is 32.1. The minimum absolute atomic E-state index is 0.0988. The maximum Gasteiger partial charge on any atom is 0.254 e. The number of benzene rings is 3. The summed E-state index contributed by atoms with van der Waals surface area (Å²) in [7, 11) is 4.62. The van der Waals surface area contributed by atoms with Crippen LogP contribution in [-0.2, 0) is 15.6 Å². The number of carbonyl (C=O) groups excluding carboxylic acids is 2. The topological polar surface area (TPSA) is 68.3 Å². The molecule has 0 radical (unpaired) electrons. The van der Waals surface area contributed by atoms with Gasteiger partial charge in [0, 0.05) is 24.1 Å². The van der Waals surface area contributed by atoms with E-state index in [0.717, 1.165) is 56.4 Å². The number of hydrogen-bond acceptors (Lipinski definition) is 6. The lowest BCUT2D eigenvalue weighted by Gasteiger charge is -2.42. The Morgan fingerprint density at radius 1 is 0.795 bits per heavy atom. The van der Waals surface area contributed by atoms with Crippen molar-refractivity contribution in [1.29, 1.82) is 0 Å². The number of piperidine rings is 1. The van der Waals surface area contributed by atoms with E-state index in [1.807, 2.05) is 41.3 Å². The van der Waals surface area contributed by atoms with Crippen molar-refractivity contribution >= 4 is 34.9 Å². The van der Waals surface area contributed by atoms with Crippen molar-refractivity contribution in [1.82, 2.24) is 9.80 Å². The molecule has 3 aromatic rings. The molecule has 7 nitrogen and oxygen atoms in total. The van der Waals surface area contributed by atoms with Gasteiger partial charge >= 0.3 is 0 Å². The average molecular weight is 640 g/mol. The first-order valence-corrected chi connectivity index (χ1v) is 15.8. The number of Topliss-reactive ketones (excluding diaryl/α,β-unsaturated/α-hetero) is 1. The van der Waals surface area contributed by atoms with E-state index in [-0.39, 0.29) is 17.1 Å². The summed E-state index contributed by atoms with van der Waals surface area (Å²) in [4.78, 5) is 31.2. The highest BCUT2D eigenvalue weighted by Crippen LogP contribution is 2.43. The standard InChI is InChI=1S/C35H40Cl2N2O5/c1-24(40)35(26-8-6-5-7-9-26)14-17-38(18-15-35)16-12-34(27-10-11-28(36)29(37)22-27)13-19-39(23-34)33(41)25-20-30(42-2)32(44-4)31(21-25)43-3/h5-11,20-22H,12-19,23H2,1-4H3. The third-order valence-corrected chi connectivity index (χ3v) is 10.4. The molecular weight excluding hydrogens is 599 g/mol. The molecule has 0 saturated carbocycles. The van der Waals surface area contributed by atoms with Gasteiger partial charge in [-0.05, 0) is 87.6 Å². The number of methoxy groups -OCH3 is 3. The number of nitrogens with zero attached hydrogens (tertiary/aromatic N) is 2. The van der Waals surface area contributed by atoms with Crippen molar-refractivity contribution in [2.75, 3.05) is 54.1 Å². The van der Waals surface area contributed by atoms with Crippen LogP contribution in [0.5, 0.6) is 17.2 Å². The zero-order chi connectivity index (χ0) is 31.5. The van der Waals surface area contributed by atoms with Crippen LogP contribution in [0.2, 0.25) is 10.0 Å². The zero-order valence-corrected chi connectivity index (χ0v) is 27.3. The fraction of sp³-hybridized carbons (Fsp3) is 0.429. The Kier molecular flexibility index (Phi) is 9.78. The molecule has 0 aliphatic carbocycles. The molecule has 2 heterocycles. The van der Waals surface area contributed by atoms with Gasteiger partial charge in [0.2, 0.25) is 5.75 Å². The summed E-state index contributed by atoms with van der Waals surface area (Å²) in [6.07, 6.45) is 3.20. The summed E-state index contributed by atoms with van der Waals surface area (Å²) >= 11 is 12.8. The molecule has 2 saturated heterocycles. The number of rotatable bonds is 10. The van der Waals surface area contributed by atoms with Gasteiger partial charge in [0.1, 0.15) is 5.78 Å². The summed E-state index contributed by atoms with van der Waals surface area (Å²) in [6, 6.07) is 19.4. The Labute approximate surface area is 270 Å². The molecule has 0 aromatic heterocycles. The number of hydrogen-bond donors (Lipinski definition) is 0. The van der Waals surface area contributed by atoms with Crippen LogP contribution in [0, 0.1) is 0 Å².